The fourth-order valence-electron chi connectivity index (χ4n) is 1.72. The van der Waals surface area contributed by atoms with Gasteiger partial charge in [-0.1, -0.05) is 41.9 Å². The van der Waals surface area contributed by atoms with E-state index in [2.05, 4.69) is 16.5 Å². The number of rotatable bonds is 4. The van der Waals surface area contributed by atoms with Gasteiger partial charge in [-0.25, -0.2) is 10.8 Å². The quantitative estimate of drug-likeness (QED) is 0.384. The Morgan fingerprint density at radius 2 is 1.83 bits per heavy atom. The lowest BCUT2D eigenvalue weighted by molar-refractivity contribution is 1.05. The van der Waals surface area contributed by atoms with Crippen LogP contribution < -0.4 is 11.3 Å². The Hall–Kier alpha value is -1.84. The molecule has 0 aliphatic carbocycles. The van der Waals surface area contributed by atoms with E-state index in [1.807, 2.05) is 42.5 Å². The average molecular weight is 260 g/mol. The molecule has 18 heavy (non-hydrogen) atoms. The highest BCUT2D eigenvalue weighted by Crippen LogP contribution is 2.22. The number of nitrogens with zero attached hydrogens (tertiary/aromatic N) is 1. The van der Waals surface area contributed by atoms with Gasteiger partial charge >= 0.3 is 0 Å². The fourth-order valence-corrected chi connectivity index (χ4v) is 1.84. The summed E-state index contributed by atoms with van der Waals surface area (Å²) < 4.78 is 0. The van der Waals surface area contributed by atoms with Crippen LogP contribution in [-0.2, 0) is 6.42 Å². The summed E-state index contributed by atoms with van der Waals surface area (Å²) in [5.74, 6) is 5.18. The zero-order valence-corrected chi connectivity index (χ0v) is 10.6. The summed E-state index contributed by atoms with van der Waals surface area (Å²) in [6, 6.07) is 15.8. The van der Waals surface area contributed by atoms with Crippen LogP contribution in [0.25, 0.3) is 0 Å². The molecule has 0 amide bonds. The minimum absolute atomic E-state index is 0.748. The molecule has 92 valence electrons. The van der Waals surface area contributed by atoms with Crippen LogP contribution in [0.1, 0.15) is 11.1 Å². The molecule has 0 aromatic heterocycles. The number of aliphatic imine (C=N–C) groups is 1. The number of nitrogens with one attached hydrogen (secondary N) is 1. The monoisotopic (exact) mass is 259 g/mol. The molecule has 0 saturated heterocycles. The largest absolute Gasteiger partial charge is 0.315 e. The highest BCUT2D eigenvalue weighted by molar-refractivity contribution is 6.30. The second kappa shape index (κ2) is 6.19. The van der Waals surface area contributed by atoms with Crippen LogP contribution in [0.5, 0.6) is 0 Å². The van der Waals surface area contributed by atoms with E-state index < -0.39 is 0 Å². The molecule has 0 bridgehead atoms. The van der Waals surface area contributed by atoms with Crippen LogP contribution in [0.4, 0.5) is 5.69 Å². The van der Waals surface area contributed by atoms with Crippen LogP contribution in [-0.4, -0.2) is 6.34 Å². The Bertz CT molecular complexity index is 535. The van der Waals surface area contributed by atoms with Gasteiger partial charge in [0.2, 0.25) is 0 Å². The first-order valence-corrected chi connectivity index (χ1v) is 5.98. The molecule has 0 atom stereocenters. The van der Waals surface area contributed by atoms with E-state index in [-0.39, 0.29) is 0 Å². The Labute approximate surface area is 111 Å². The summed E-state index contributed by atoms with van der Waals surface area (Å²) in [7, 11) is 0. The predicted molar refractivity (Wildman–Crippen MR) is 76.2 cm³/mol. The highest BCUT2D eigenvalue weighted by Gasteiger charge is 2.01. The number of hydrazine groups is 1. The van der Waals surface area contributed by atoms with Crippen molar-refractivity contribution in [3.8, 4) is 0 Å². The van der Waals surface area contributed by atoms with Gasteiger partial charge in [0.15, 0.2) is 0 Å². The third kappa shape index (κ3) is 3.32. The second-order valence-corrected chi connectivity index (χ2v) is 4.29. The number of halogens is 1. The lowest BCUT2D eigenvalue weighted by Gasteiger charge is -2.05. The average Bonchev–Trinajstić information content (AvgIpc) is 2.40. The van der Waals surface area contributed by atoms with Crippen molar-refractivity contribution in [3.63, 3.8) is 0 Å². The zero-order chi connectivity index (χ0) is 12.8. The summed E-state index contributed by atoms with van der Waals surface area (Å²) in [6.07, 6.45) is 2.29. The van der Waals surface area contributed by atoms with Crippen molar-refractivity contribution >= 4 is 23.6 Å². The van der Waals surface area contributed by atoms with Gasteiger partial charge in [-0.15, -0.1) is 0 Å². The molecule has 0 aliphatic rings. The molecule has 0 saturated carbocycles. The van der Waals surface area contributed by atoms with Crippen LogP contribution in [0.2, 0.25) is 5.02 Å². The number of benzene rings is 2. The maximum absolute atomic E-state index is 5.87. The van der Waals surface area contributed by atoms with E-state index in [1.54, 1.807) is 0 Å². The standard InChI is InChI=1S/C14H14ClN3/c15-13-7-5-11(6-8-13)9-12-3-1-2-4-14(12)17-10-18-16/h1-8,10H,9,16H2,(H,17,18). The van der Waals surface area contributed by atoms with Crippen LogP contribution in [0.15, 0.2) is 53.5 Å². The van der Waals surface area contributed by atoms with E-state index >= 15 is 0 Å². The first-order valence-electron chi connectivity index (χ1n) is 5.60. The number of hydrogen-bond acceptors (Lipinski definition) is 2. The predicted octanol–water partition coefficient (Wildman–Crippen LogP) is 3.05. The first-order chi connectivity index (χ1) is 8.79. The molecule has 0 aliphatic heterocycles. The molecule has 0 fully saturated rings. The summed E-state index contributed by atoms with van der Waals surface area (Å²) in [5, 5.41) is 0.748. The van der Waals surface area contributed by atoms with Gasteiger partial charge in [0, 0.05) is 5.02 Å². The van der Waals surface area contributed by atoms with E-state index in [0.717, 1.165) is 22.7 Å². The van der Waals surface area contributed by atoms with Gasteiger partial charge in [-0.2, -0.15) is 0 Å². The summed E-state index contributed by atoms with van der Waals surface area (Å²) in [6.45, 7) is 0. The fraction of sp³-hybridized carbons (Fsp3) is 0.0714. The topological polar surface area (TPSA) is 50.4 Å². The maximum atomic E-state index is 5.87. The van der Waals surface area contributed by atoms with Crippen LogP contribution >= 0.6 is 11.6 Å². The number of hydrogen-bond donors (Lipinski definition) is 2. The van der Waals surface area contributed by atoms with E-state index in [0.29, 0.717) is 0 Å². The van der Waals surface area contributed by atoms with Gasteiger partial charge in [0.05, 0.1) is 5.69 Å². The third-order valence-corrected chi connectivity index (χ3v) is 2.83. The van der Waals surface area contributed by atoms with Gasteiger partial charge < -0.3 is 5.43 Å². The molecule has 2 aromatic carbocycles. The van der Waals surface area contributed by atoms with E-state index in [9.17, 15) is 0 Å². The number of nitrogens with two attached hydrogens (primary N) is 1. The van der Waals surface area contributed by atoms with Crippen molar-refractivity contribution in [1.29, 1.82) is 0 Å². The maximum Gasteiger partial charge on any atom is 0.103 e. The molecule has 4 heteroatoms. The number of para-hydroxylation sites is 1. The van der Waals surface area contributed by atoms with Gasteiger partial charge in [0.1, 0.15) is 6.34 Å². The molecule has 3 N–H and O–H groups in total. The van der Waals surface area contributed by atoms with Crippen LogP contribution in [0, 0.1) is 0 Å². The Balaban J connectivity index is 2.23. The molecule has 0 radical (unpaired) electrons. The van der Waals surface area contributed by atoms with Crippen LogP contribution in [0.3, 0.4) is 0 Å². The molecule has 2 rings (SSSR count). The van der Waals surface area contributed by atoms with Gasteiger partial charge in [-0.3, -0.25) is 0 Å². The van der Waals surface area contributed by atoms with Crippen molar-refractivity contribution in [2.45, 2.75) is 6.42 Å². The molecule has 3 nitrogen and oxygen atoms in total. The van der Waals surface area contributed by atoms with Gasteiger partial charge in [-0.05, 0) is 35.7 Å². The van der Waals surface area contributed by atoms with Crippen molar-refractivity contribution in [3.05, 3.63) is 64.7 Å². The van der Waals surface area contributed by atoms with E-state index in [1.165, 1.54) is 11.9 Å². The molecular formula is C14H14ClN3. The third-order valence-electron chi connectivity index (χ3n) is 2.58. The molecule has 2 aromatic rings. The van der Waals surface area contributed by atoms with Crippen molar-refractivity contribution in [2.24, 2.45) is 10.8 Å². The highest BCUT2D eigenvalue weighted by atomic mass is 35.5. The lowest BCUT2D eigenvalue weighted by atomic mass is 10.0. The molecular weight excluding hydrogens is 246 g/mol. The zero-order valence-electron chi connectivity index (χ0n) is 9.81. The molecule has 0 spiro atoms. The van der Waals surface area contributed by atoms with Crippen molar-refractivity contribution in [2.75, 3.05) is 0 Å². The smallest absolute Gasteiger partial charge is 0.103 e. The summed E-state index contributed by atoms with van der Waals surface area (Å²) in [5.41, 5.74) is 5.66. The summed E-state index contributed by atoms with van der Waals surface area (Å²) in [4.78, 5) is 4.25. The minimum Gasteiger partial charge on any atom is -0.315 e. The first kappa shape index (κ1) is 12.6. The van der Waals surface area contributed by atoms with Crippen molar-refractivity contribution < 1.29 is 0 Å². The lowest BCUT2D eigenvalue weighted by Crippen LogP contribution is -2.18. The molecule has 0 heterocycles. The van der Waals surface area contributed by atoms with E-state index in [4.69, 9.17) is 17.4 Å². The second-order valence-electron chi connectivity index (χ2n) is 3.86. The summed E-state index contributed by atoms with van der Waals surface area (Å²) >= 11 is 5.87. The Morgan fingerprint density at radius 1 is 1.11 bits per heavy atom. The Morgan fingerprint density at radius 3 is 2.56 bits per heavy atom. The SMILES string of the molecule is NNC=Nc1ccccc1Cc1ccc(Cl)cc1. The Kier molecular flexibility index (Phi) is 4.34. The molecule has 0 unspecified atom stereocenters. The van der Waals surface area contributed by atoms with Crippen molar-refractivity contribution in [1.82, 2.24) is 5.43 Å². The van der Waals surface area contributed by atoms with Gasteiger partial charge in [0.25, 0.3) is 0 Å². The normalized spacial score (nSPS) is 10.8. The minimum atomic E-state index is 0.748.